The van der Waals surface area contributed by atoms with Gasteiger partial charge in [-0.3, -0.25) is 0 Å². The number of hydrogen-bond donors (Lipinski definition) is 2. The standard InChI is InChI=1S/C16H16FN3O/c1-20-14-5-3-2-4-13(14)19-16(20)9-15(21)11-8-10(17)6-7-12(11)18/h2-8,15,21H,9,18H2,1H3. The summed E-state index contributed by atoms with van der Waals surface area (Å²) in [6.07, 6.45) is -0.616. The smallest absolute Gasteiger partial charge is 0.123 e. The molecule has 0 bridgehead atoms. The summed E-state index contributed by atoms with van der Waals surface area (Å²) in [5, 5.41) is 10.3. The number of aromatic nitrogens is 2. The number of benzene rings is 2. The van der Waals surface area contributed by atoms with Gasteiger partial charge >= 0.3 is 0 Å². The van der Waals surface area contributed by atoms with Crippen molar-refractivity contribution in [1.29, 1.82) is 0 Å². The molecule has 1 heterocycles. The van der Waals surface area contributed by atoms with Crippen LogP contribution in [-0.2, 0) is 13.5 Å². The third kappa shape index (κ3) is 2.48. The van der Waals surface area contributed by atoms with Crippen molar-refractivity contribution in [3.63, 3.8) is 0 Å². The van der Waals surface area contributed by atoms with E-state index in [1.54, 1.807) is 0 Å². The molecule has 0 amide bonds. The Morgan fingerprint density at radius 3 is 2.81 bits per heavy atom. The maximum atomic E-state index is 13.3. The summed E-state index contributed by atoms with van der Waals surface area (Å²) in [6.45, 7) is 0. The van der Waals surface area contributed by atoms with Gasteiger partial charge in [0.1, 0.15) is 11.6 Å². The molecule has 3 rings (SSSR count). The number of hydrogen-bond acceptors (Lipinski definition) is 3. The van der Waals surface area contributed by atoms with Gasteiger partial charge in [0.25, 0.3) is 0 Å². The fraction of sp³-hybridized carbons (Fsp3) is 0.188. The van der Waals surface area contributed by atoms with Crippen LogP contribution < -0.4 is 5.73 Å². The average molecular weight is 285 g/mol. The van der Waals surface area contributed by atoms with Gasteiger partial charge in [-0.2, -0.15) is 0 Å². The lowest BCUT2D eigenvalue weighted by Gasteiger charge is -2.13. The van der Waals surface area contributed by atoms with E-state index in [9.17, 15) is 9.50 Å². The maximum absolute atomic E-state index is 13.3. The molecule has 4 nitrogen and oxygen atoms in total. The van der Waals surface area contributed by atoms with E-state index in [1.165, 1.54) is 18.2 Å². The van der Waals surface area contributed by atoms with Gasteiger partial charge in [0.2, 0.25) is 0 Å². The number of nitrogens with zero attached hydrogens (tertiary/aromatic N) is 2. The fourth-order valence-corrected chi connectivity index (χ4v) is 2.50. The van der Waals surface area contributed by atoms with Gasteiger partial charge in [-0.15, -0.1) is 0 Å². The van der Waals surface area contributed by atoms with E-state index in [-0.39, 0.29) is 6.42 Å². The Bertz CT molecular complexity index is 797. The molecule has 0 aliphatic heterocycles. The van der Waals surface area contributed by atoms with Crippen molar-refractivity contribution < 1.29 is 9.50 Å². The van der Waals surface area contributed by atoms with Crippen molar-refractivity contribution in [2.75, 3.05) is 5.73 Å². The van der Waals surface area contributed by atoms with Crippen molar-refractivity contribution in [3.8, 4) is 0 Å². The highest BCUT2D eigenvalue weighted by Crippen LogP contribution is 2.25. The van der Waals surface area contributed by atoms with E-state index >= 15 is 0 Å². The van der Waals surface area contributed by atoms with E-state index < -0.39 is 11.9 Å². The van der Waals surface area contributed by atoms with Crippen LogP contribution in [0.1, 0.15) is 17.5 Å². The molecule has 0 saturated carbocycles. The minimum Gasteiger partial charge on any atom is -0.398 e. The largest absolute Gasteiger partial charge is 0.398 e. The molecule has 0 saturated heterocycles. The number of imidazole rings is 1. The number of nitrogens with two attached hydrogens (primary N) is 1. The summed E-state index contributed by atoms with van der Waals surface area (Å²) >= 11 is 0. The van der Waals surface area contributed by atoms with Crippen molar-refractivity contribution in [3.05, 3.63) is 59.7 Å². The Balaban J connectivity index is 1.94. The first kappa shape index (κ1) is 13.6. The normalized spacial score (nSPS) is 12.7. The summed E-state index contributed by atoms with van der Waals surface area (Å²) in [7, 11) is 1.90. The molecular formula is C16H16FN3O. The molecule has 0 aliphatic carbocycles. The average Bonchev–Trinajstić information content (AvgIpc) is 2.78. The second kappa shape index (κ2) is 5.18. The topological polar surface area (TPSA) is 64.1 Å². The lowest BCUT2D eigenvalue weighted by Crippen LogP contribution is -2.09. The number of fused-ring (bicyclic) bond motifs is 1. The highest BCUT2D eigenvalue weighted by atomic mass is 19.1. The summed E-state index contributed by atoms with van der Waals surface area (Å²) in [5.41, 5.74) is 8.43. The van der Waals surface area contributed by atoms with Crippen LogP contribution in [-0.4, -0.2) is 14.7 Å². The van der Waals surface area contributed by atoms with Crippen LogP contribution in [0, 0.1) is 5.82 Å². The van der Waals surface area contributed by atoms with Gasteiger partial charge in [0.15, 0.2) is 0 Å². The van der Waals surface area contributed by atoms with Crippen LogP contribution in [0.25, 0.3) is 11.0 Å². The summed E-state index contributed by atoms with van der Waals surface area (Å²) in [6, 6.07) is 11.7. The molecule has 0 aliphatic rings. The zero-order chi connectivity index (χ0) is 15.0. The van der Waals surface area contributed by atoms with Gasteiger partial charge in [0.05, 0.1) is 17.1 Å². The van der Waals surface area contributed by atoms with Crippen LogP contribution >= 0.6 is 0 Å². The molecule has 1 unspecified atom stereocenters. The van der Waals surface area contributed by atoms with Crippen LogP contribution in [0.15, 0.2) is 42.5 Å². The first-order valence-corrected chi connectivity index (χ1v) is 6.69. The second-order valence-corrected chi connectivity index (χ2v) is 5.07. The summed E-state index contributed by atoms with van der Waals surface area (Å²) in [4.78, 5) is 4.50. The van der Waals surface area contributed by atoms with Crippen LogP contribution in [0.5, 0.6) is 0 Å². The number of halogens is 1. The molecule has 0 radical (unpaired) electrons. The molecular weight excluding hydrogens is 269 g/mol. The van der Waals surface area contributed by atoms with E-state index in [0.29, 0.717) is 11.3 Å². The van der Waals surface area contributed by atoms with Gasteiger partial charge in [-0.05, 0) is 30.3 Å². The third-order valence-electron chi connectivity index (χ3n) is 3.66. The first-order valence-electron chi connectivity index (χ1n) is 6.69. The van der Waals surface area contributed by atoms with E-state index in [1.807, 2.05) is 35.9 Å². The number of aliphatic hydroxyl groups excluding tert-OH is 1. The van der Waals surface area contributed by atoms with Gasteiger partial charge in [-0.25, -0.2) is 9.37 Å². The SMILES string of the molecule is Cn1c(CC(O)c2cc(F)ccc2N)nc2ccccc21. The number of anilines is 1. The highest BCUT2D eigenvalue weighted by molar-refractivity contribution is 5.75. The quantitative estimate of drug-likeness (QED) is 0.727. The first-order chi connectivity index (χ1) is 10.1. The zero-order valence-corrected chi connectivity index (χ0v) is 11.6. The summed E-state index contributed by atoms with van der Waals surface area (Å²) in [5.74, 6) is 0.315. The Kier molecular flexibility index (Phi) is 3.35. The molecule has 0 spiro atoms. The fourth-order valence-electron chi connectivity index (χ4n) is 2.50. The maximum Gasteiger partial charge on any atom is 0.123 e. The van der Waals surface area contributed by atoms with Crippen molar-refractivity contribution in [2.45, 2.75) is 12.5 Å². The molecule has 0 fully saturated rings. The molecule has 108 valence electrons. The van der Waals surface area contributed by atoms with Crippen LogP contribution in [0.4, 0.5) is 10.1 Å². The lowest BCUT2D eigenvalue weighted by atomic mass is 10.0. The highest BCUT2D eigenvalue weighted by Gasteiger charge is 2.16. The van der Waals surface area contributed by atoms with Crippen LogP contribution in [0.2, 0.25) is 0 Å². The van der Waals surface area contributed by atoms with Gasteiger partial charge < -0.3 is 15.4 Å². The number of nitrogen functional groups attached to an aromatic ring is 1. The Labute approximate surface area is 121 Å². The monoisotopic (exact) mass is 285 g/mol. The van der Waals surface area contributed by atoms with Crippen molar-refractivity contribution in [1.82, 2.24) is 9.55 Å². The molecule has 1 aromatic heterocycles. The lowest BCUT2D eigenvalue weighted by molar-refractivity contribution is 0.175. The van der Waals surface area contributed by atoms with Crippen molar-refractivity contribution >= 4 is 16.7 Å². The number of aliphatic hydroxyl groups is 1. The van der Waals surface area contributed by atoms with Gasteiger partial charge in [-0.1, -0.05) is 12.1 Å². The van der Waals surface area contributed by atoms with E-state index in [4.69, 9.17) is 5.73 Å². The predicted octanol–water partition coefficient (Wildman–Crippen LogP) is 2.57. The van der Waals surface area contributed by atoms with Crippen molar-refractivity contribution in [2.24, 2.45) is 7.05 Å². The Morgan fingerprint density at radius 2 is 2.05 bits per heavy atom. The second-order valence-electron chi connectivity index (χ2n) is 5.07. The number of rotatable bonds is 3. The predicted molar refractivity (Wildman–Crippen MR) is 80.2 cm³/mol. The van der Waals surface area contributed by atoms with E-state index in [0.717, 1.165) is 16.9 Å². The molecule has 21 heavy (non-hydrogen) atoms. The zero-order valence-electron chi connectivity index (χ0n) is 11.6. The summed E-state index contributed by atoms with van der Waals surface area (Å²) < 4.78 is 15.2. The molecule has 1 atom stereocenters. The molecule has 5 heteroatoms. The van der Waals surface area contributed by atoms with Crippen LogP contribution in [0.3, 0.4) is 0 Å². The minimum atomic E-state index is -0.892. The minimum absolute atomic E-state index is 0.277. The van der Waals surface area contributed by atoms with Gasteiger partial charge in [0, 0.05) is 24.7 Å². The van der Waals surface area contributed by atoms with E-state index in [2.05, 4.69) is 4.98 Å². The Hall–Kier alpha value is -2.40. The number of aryl methyl sites for hydroxylation is 1. The molecule has 2 aromatic carbocycles. The molecule has 3 aromatic rings. The number of para-hydroxylation sites is 2. The third-order valence-corrected chi connectivity index (χ3v) is 3.66. The molecule has 3 N–H and O–H groups in total. The Morgan fingerprint density at radius 1 is 1.29 bits per heavy atom.